The van der Waals surface area contributed by atoms with Crippen molar-refractivity contribution in [2.24, 2.45) is 5.92 Å². The van der Waals surface area contributed by atoms with Gasteiger partial charge in [0.1, 0.15) is 0 Å². The number of nitrogens with zero attached hydrogens (tertiary/aromatic N) is 2. The monoisotopic (exact) mass is 351 g/mol. The highest BCUT2D eigenvalue weighted by atomic mass is 16.5. The molecule has 0 amide bonds. The molecule has 1 aliphatic heterocycles. The first-order chi connectivity index (χ1) is 12.7. The van der Waals surface area contributed by atoms with Crippen molar-refractivity contribution in [3.8, 4) is 11.3 Å². The molecule has 3 aromatic rings. The quantitative estimate of drug-likeness (QED) is 0.670. The summed E-state index contributed by atoms with van der Waals surface area (Å²) in [5.74, 6) is 1.20. The molecule has 1 saturated heterocycles. The maximum Gasteiger partial charge on any atom is 0.0736 e. The number of hydrogen-bond acceptors (Lipinski definition) is 2. The van der Waals surface area contributed by atoms with Crippen LogP contribution in [0.1, 0.15) is 56.0 Å². The minimum Gasteiger partial charge on any atom is -0.381 e. The first-order valence-electron chi connectivity index (χ1n) is 9.90. The molecule has 1 aliphatic rings. The van der Waals surface area contributed by atoms with Crippen molar-refractivity contribution in [1.82, 2.24) is 14.6 Å². The lowest BCUT2D eigenvalue weighted by Gasteiger charge is -2.14. The topological polar surface area (TPSA) is 42.3 Å². The molecule has 0 saturated carbocycles. The highest BCUT2D eigenvalue weighted by Crippen LogP contribution is 2.31. The molecule has 0 aliphatic carbocycles. The molecular weight excluding hydrogens is 322 g/mol. The van der Waals surface area contributed by atoms with Crippen molar-refractivity contribution in [2.45, 2.75) is 52.4 Å². The Hall–Kier alpha value is -2.07. The zero-order chi connectivity index (χ0) is 18.1. The molecule has 0 spiro atoms. The molecule has 0 bridgehead atoms. The molecule has 0 aromatic carbocycles. The number of aromatic nitrogens is 3. The van der Waals surface area contributed by atoms with Gasteiger partial charge in [0.25, 0.3) is 0 Å². The lowest BCUT2D eigenvalue weighted by atomic mass is 9.95. The van der Waals surface area contributed by atoms with Crippen molar-refractivity contribution in [3.05, 3.63) is 47.4 Å². The van der Waals surface area contributed by atoms with Crippen molar-refractivity contribution < 1.29 is 4.74 Å². The molecule has 1 N–H and O–H groups in total. The zero-order valence-electron chi connectivity index (χ0n) is 16.1. The van der Waals surface area contributed by atoms with Crippen molar-refractivity contribution in [1.29, 1.82) is 0 Å². The van der Waals surface area contributed by atoms with Crippen LogP contribution in [0.15, 0.2) is 30.5 Å². The van der Waals surface area contributed by atoms with E-state index in [-0.39, 0.29) is 0 Å². The van der Waals surface area contributed by atoms with Gasteiger partial charge in [0.15, 0.2) is 0 Å². The van der Waals surface area contributed by atoms with E-state index in [0.29, 0.717) is 5.92 Å². The second kappa shape index (κ2) is 7.28. The van der Waals surface area contributed by atoms with Gasteiger partial charge in [-0.3, -0.25) is 9.50 Å². The summed E-state index contributed by atoms with van der Waals surface area (Å²) in [5.41, 5.74) is 7.32. The summed E-state index contributed by atoms with van der Waals surface area (Å²) >= 11 is 0. The van der Waals surface area contributed by atoms with E-state index < -0.39 is 0 Å². The van der Waals surface area contributed by atoms with Crippen LogP contribution < -0.4 is 0 Å². The number of rotatable bonds is 6. The summed E-state index contributed by atoms with van der Waals surface area (Å²) < 4.78 is 7.75. The molecule has 4 rings (SSSR count). The summed E-state index contributed by atoms with van der Waals surface area (Å²) in [6, 6.07) is 8.99. The Kier molecular flexibility index (Phi) is 4.86. The highest BCUT2D eigenvalue weighted by Gasteiger charge is 2.21. The maximum atomic E-state index is 5.63. The van der Waals surface area contributed by atoms with Gasteiger partial charge in [0.05, 0.1) is 17.8 Å². The normalized spacial score (nSPS) is 18.7. The number of hydrogen-bond donors (Lipinski definition) is 1. The van der Waals surface area contributed by atoms with Gasteiger partial charge in [0, 0.05) is 35.7 Å². The van der Waals surface area contributed by atoms with Crippen LogP contribution in [0.2, 0.25) is 0 Å². The van der Waals surface area contributed by atoms with Crippen LogP contribution in [-0.2, 0) is 11.2 Å². The first kappa shape index (κ1) is 17.3. The van der Waals surface area contributed by atoms with Gasteiger partial charge < -0.3 is 9.84 Å². The summed E-state index contributed by atoms with van der Waals surface area (Å²) in [4.78, 5) is 5.07. The summed E-state index contributed by atoms with van der Waals surface area (Å²) in [6.07, 6.45) is 6.66. The standard InChI is InChI=1S/C22H29N3O/c1-4-15(2)5-6-17-12-20(18-8-10-26-14-18)24-21(13-17)19-11-16(3)25-22(19)7-9-23-25/h7,9,11-13,15,18,23H,4-6,8,10,14H2,1-3H3. The Balaban J connectivity index is 1.74. The molecule has 2 unspecified atom stereocenters. The first-order valence-corrected chi connectivity index (χ1v) is 9.90. The minimum absolute atomic E-state index is 0.433. The van der Waals surface area contributed by atoms with E-state index in [1.807, 2.05) is 6.20 Å². The number of fused-ring (bicyclic) bond motifs is 1. The molecule has 138 valence electrons. The fourth-order valence-corrected chi connectivity index (χ4v) is 3.88. The van der Waals surface area contributed by atoms with Crippen LogP contribution in [0.25, 0.3) is 16.8 Å². The van der Waals surface area contributed by atoms with Crippen LogP contribution in [0.3, 0.4) is 0 Å². The van der Waals surface area contributed by atoms with Gasteiger partial charge in [-0.15, -0.1) is 0 Å². The Morgan fingerprint density at radius 1 is 1.35 bits per heavy atom. The van der Waals surface area contributed by atoms with Crippen LogP contribution in [0.4, 0.5) is 0 Å². The van der Waals surface area contributed by atoms with Crippen LogP contribution in [0.5, 0.6) is 0 Å². The number of aryl methyl sites for hydroxylation is 2. The smallest absolute Gasteiger partial charge is 0.0736 e. The van der Waals surface area contributed by atoms with Crippen molar-refractivity contribution in [3.63, 3.8) is 0 Å². The third kappa shape index (κ3) is 3.30. The molecule has 2 atom stereocenters. The van der Waals surface area contributed by atoms with Crippen LogP contribution in [0, 0.1) is 12.8 Å². The van der Waals surface area contributed by atoms with Crippen molar-refractivity contribution in [2.75, 3.05) is 13.2 Å². The predicted molar refractivity (Wildman–Crippen MR) is 106 cm³/mol. The van der Waals surface area contributed by atoms with Gasteiger partial charge in [0.2, 0.25) is 0 Å². The van der Waals surface area contributed by atoms with Gasteiger partial charge in [-0.1, -0.05) is 20.3 Å². The van der Waals surface area contributed by atoms with E-state index in [1.165, 1.54) is 40.9 Å². The molecule has 4 heterocycles. The number of H-pyrrole nitrogens is 1. The Morgan fingerprint density at radius 3 is 3.00 bits per heavy atom. The van der Waals surface area contributed by atoms with Crippen LogP contribution >= 0.6 is 0 Å². The molecule has 4 nitrogen and oxygen atoms in total. The summed E-state index contributed by atoms with van der Waals surface area (Å²) in [7, 11) is 0. The second-order valence-electron chi connectivity index (χ2n) is 7.78. The SMILES string of the molecule is CCC(C)CCc1cc(-c2cc(C)n3[nH]ccc23)nc(C2CCOC2)c1. The van der Waals surface area contributed by atoms with Crippen LogP contribution in [-0.4, -0.2) is 27.8 Å². The van der Waals surface area contributed by atoms with E-state index in [4.69, 9.17) is 9.72 Å². The fraction of sp³-hybridized carbons (Fsp3) is 0.500. The second-order valence-corrected chi connectivity index (χ2v) is 7.78. The lowest BCUT2D eigenvalue weighted by molar-refractivity contribution is 0.193. The summed E-state index contributed by atoms with van der Waals surface area (Å²) in [6.45, 7) is 8.40. The Morgan fingerprint density at radius 2 is 2.23 bits per heavy atom. The maximum absolute atomic E-state index is 5.63. The number of ether oxygens (including phenoxy) is 1. The molecule has 26 heavy (non-hydrogen) atoms. The van der Waals surface area contributed by atoms with Gasteiger partial charge >= 0.3 is 0 Å². The van der Waals surface area contributed by atoms with E-state index in [0.717, 1.165) is 37.7 Å². The Bertz CT molecular complexity index is 886. The average Bonchev–Trinajstić information content (AvgIpc) is 3.39. The van der Waals surface area contributed by atoms with E-state index in [2.05, 4.69) is 54.7 Å². The average molecular weight is 351 g/mol. The molecule has 1 fully saturated rings. The fourth-order valence-electron chi connectivity index (χ4n) is 3.88. The van der Waals surface area contributed by atoms with E-state index in [1.54, 1.807) is 0 Å². The number of nitrogens with one attached hydrogen (secondary N) is 1. The molecule has 0 radical (unpaired) electrons. The van der Waals surface area contributed by atoms with E-state index >= 15 is 0 Å². The van der Waals surface area contributed by atoms with Gasteiger partial charge in [-0.05, 0) is 61.9 Å². The number of pyridine rings is 1. The zero-order valence-corrected chi connectivity index (χ0v) is 16.1. The number of aromatic amines is 1. The minimum atomic E-state index is 0.433. The Labute approximate surface area is 155 Å². The van der Waals surface area contributed by atoms with Gasteiger partial charge in [-0.25, -0.2) is 0 Å². The third-order valence-electron chi connectivity index (χ3n) is 5.82. The summed E-state index contributed by atoms with van der Waals surface area (Å²) in [5, 5.41) is 3.28. The lowest BCUT2D eigenvalue weighted by Crippen LogP contribution is -2.04. The molecule has 4 heteroatoms. The van der Waals surface area contributed by atoms with Crippen molar-refractivity contribution >= 4 is 5.52 Å². The predicted octanol–water partition coefficient (Wildman–Crippen LogP) is 5.12. The van der Waals surface area contributed by atoms with E-state index in [9.17, 15) is 0 Å². The third-order valence-corrected chi connectivity index (χ3v) is 5.82. The molecule has 3 aromatic heterocycles. The van der Waals surface area contributed by atoms with Gasteiger partial charge in [-0.2, -0.15) is 0 Å². The molecular formula is C22H29N3O. The highest BCUT2D eigenvalue weighted by molar-refractivity contribution is 5.80. The largest absolute Gasteiger partial charge is 0.381 e.